The average molecular weight is 437 g/mol. The number of hydrogen-bond acceptors (Lipinski definition) is 5. The van der Waals surface area contributed by atoms with Gasteiger partial charge < -0.3 is 15.5 Å². The van der Waals surface area contributed by atoms with E-state index in [9.17, 15) is 32.3 Å². The van der Waals surface area contributed by atoms with Gasteiger partial charge in [-0.2, -0.15) is 13.2 Å². The molecule has 0 amide bonds. The predicted octanol–water partition coefficient (Wildman–Crippen LogP) is 3.86. The second kappa shape index (κ2) is 8.46. The zero-order chi connectivity index (χ0) is 22.8. The fourth-order valence-electron chi connectivity index (χ4n) is 2.78. The van der Waals surface area contributed by atoms with Gasteiger partial charge in [-0.15, -0.1) is 0 Å². The number of aromatic hydroxyl groups is 1. The van der Waals surface area contributed by atoms with E-state index in [4.69, 9.17) is 5.11 Å². The topological polar surface area (TPSA) is 104 Å². The van der Waals surface area contributed by atoms with Crippen LogP contribution in [0.1, 0.15) is 17.5 Å². The van der Waals surface area contributed by atoms with Gasteiger partial charge in [0.2, 0.25) is 0 Å². The maximum atomic E-state index is 14.1. The molecule has 0 aliphatic carbocycles. The number of aryl methyl sites for hydroxylation is 1. The number of aliphatic carboxylic acids is 1. The van der Waals surface area contributed by atoms with E-state index < -0.39 is 29.1 Å². The quantitative estimate of drug-likeness (QED) is 0.506. The van der Waals surface area contributed by atoms with Crippen molar-refractivity contribution in [2.45, 2.75) is 19.0 Å². The van der Waals surface area contributed by atoms with Crippen molar-refractivity contribution < 1.29 is 32.6 Å². The minimum absolute atomic E-state index is 0.0900. The molecule has 1 aromatic heterocycles. The van der Waals surface area contributed by atoms with Crippen molar-refractivity contribution in [2.75, 3.05) is 5.32 Å². The molecule has 1 heterocycles. The van der Waals surface area contributed by atoms with Gasteiger partial charge in [0, 0.05) is 24.9 Å². The van der Waals surface area contributed by atoms with Crippen LogP contribution >= 0.6 is 0 Å². The van der Waals surface area contributed by atoms with Gasteiger partial charge in [-0.25, -0.2) is 9.37 Å². The van der Waals surface area contributed by atoms with Crippen molar-refractivity contribution in [3.63, 3.8) is 0 Å². The van der Waals surface area contributed by atoms with E-state index in [1.807, 2.05) is 0 Å². The molecule has 0 radical (unpaired) electrons. The van der Waals surface area contributed by atoms with Crippen molar-refractivity contribution in [3.05, 3.63) is 76.1 Å². The Labute approximate surface area is 172 Å². The normalized spacial score (nSPS) is 11.4. The lowest BCUT2D eigenvalue weighted by atomic mass is 10.1. The molecule has 0 atom stereocenters. The van der Waals surface area contributed by atoms with Crippen molar-refractivity contribution in [1.82, 2.24) is 9.55 Å². The van der Waals surface area contributed by atoms with E-state index in [0.29, 0.717) is 17.7 Å². The molecule has 162 valence electrons. The summed E-state index contributed by atoms with van der Waals surface area (Å²) in [5.41, 5.74) is -1.70. The molecule has 0 fully saturated rings. The molecule has 31 heavy (non-hydrogen) atoms. The van der Waals surface area contributed by atoms with Gasteiger partial charge in [0.25, 0.3) is 5.56 Å². The van der Waals surface area contributed by atoms with Crippen LogP contribution < -0.4 is 10.9 Å². The summed E-state index contributed by atoms with van der Waals surface area (Å²) in [6.07, 6.45) is -2.32. The molecule has 0 saturated heterocycles. The summed E-state index contributed by atoms with van der Waals surface area (Å²) in [5, 5.41) is 21.2. The summed E-state index contributed by atoms with van der Waals surface area (Å²) < 4.78 is 53.2. The number of hydrogen-bond donors (Lipinski definition) is 3. The smallest absolute Gasteiger partial charge is 0.416 e. The first-order valence-corrected chi connectivity index (χ1v) is 8.82. The number of anilines is 2. The van der Waals surface area contributed by atoms with Crippen LogP contribution in [0.5, 0.6) is 5.75 Å². The summed E-state index contributed by atoms with van der Waals surface area (Å²) in [4.78, 5) is 27.2. The minimum atomic E-state index is -4.71. The first-order chi connectivity index (χ1) is 14.6. The number of phenolic OH excluding ortho intramolecular Hbond substituents is 1. The first kappa shape index (κ1) is 21.8. The van der Waals surface area contributed by atoms with Crippen LogP contribution in [0.3, 0.4) is 0 Å². The first-order valence-electron chi connectivity index (χ1n) is 8.82. The number of nitrogens with zero attached hydrogens (tertiary/aromatic N) is 2. The van der Waals surface area contributed by atoms with E-state index in [1.54, 1.807) is 0 Å². The van der Waals surface area contributed by atoms with Gasteiger partial charge in [-0.3, -0.25) is 14.2 Å². The largest absolute Gasteiger partial charge is 0.508 e. The fraction of sp³-hybridized carbons (Fsp3) is 0.150. The van der Waals surface area contributed by atoms with Gasteiger partial charge >= 0.3 is 12.1 Å². The highest BCUT2D eigenvalue weighted by Crippen LogP contribution is 2.31. The van der Waals surface area contributed by atoms with Crippen LogP contribution in [0.15, 0.2) is 53.6 Å². The van der Waals surface area contributed by atoms with Crippen molar-refractivity contribution in [2.24, 2.45) is 0 Å². The van der Waals surface area contributed by atoms with Crippen LogP contribution in [0.4, 0.5) is 29.1 Å². The Morgan fingerprint density at radius 2 is 1.90 bits per heavy atom. The van der Waals surface area contributed by atoms with Crippen LogP contribution in [0.2, 0.25) is 0 Å². The summed E-state index contributed by atoms with van der Waals surface area (Å²) in [5.74, 6) is -2.81. The third-order valence-corrected chi connectivity index (χ3v) is 4.35. The standard InChI is InChI=1S/C20H15F4N3O4/c21-14-9-12(20(22,23)24)3-5-15(14)26-18-19(31)27(8-7-25-18)13-4-1-11(16(28)10-13)2-6-17(29)30/h1,3-5,7-10,28H,2,6H2,(H,25,26)(H,29,30). The van der Waals surface area contributed by atoms with Gasteiger partial charge in [-0.1, -0.05) is 6.07 Å². The summed E-state index contributed by atoms with van der Waals surface area (Å²) >= 11 is 0. The molecule has 0 aliphatic heterocycles. The molecule has 0 aliphatic rings. The Kier molecular flexibility index (Phi) is 5.95. The van der Waals surface area contributed by atoms with Gasteiger partial charge in [0.15, 0.2) is 5.82 Å². The minimum Gasteiger partial charge on any atom is -0.508 e. The Morgan fingerprint density at radius 1 is 1.16 bits per heavy atom. The van der Waals surface area contributed by atoms with Crippen molar-refractivity contribution in [1.29, 1.82) is 0 Å². The number of carboxylic acids is 1. The molecule has 0 unspecified atom stereocenters. The molecular weight excluding hydrogens is 422 g/mol. The Morgan fingerprint density at radius 3 is 2.52 bits per heavy atom. The van der Waals surface area contributed by atoms with Crippen LogP contribution in [-0.2, 0) is 17.4 Å². The average Bonchev–Trinajstić information content (AvgIpc) is 2.69. The van der Waals surface area contributed by atoms with E-state index >= 15 is 0 Å². The van der Waals surface area contributed by atoms with Crippen LogP contribution in [-0.4, -0.2) is 25.7 Å². The van der Waals surface area contributed by atoms with E-state index in [2.05, 4.69) is 10.3 Å². The fourth-order valence-corrected chi connectivity index (χ4v) is 2.78. The molecule has 0 bridgehead atoms. The molecule has 3 aromatic rings. The molecular formula is C20H15F4N3O4. The Bertz CT molecular complexity index is 1190. The summed E-state index contributed by atoms with van der Waals surface area (Å²) in [7, 11) is 0. The number of phenols is 1. The zero-order valence-electron chi connectivity index (χ0n) is 15.7. The highest BCUT2D eigenvalue weighted by Gasteiger charge is 2.31. The number of carboxylic acid groups (broad SMARTS) is 1. The number of aromatic nitrogens is 2. The lowest BCUT2D eigenvalue weighted by Crippen LogP contribution is -2.22. The third kappa shape index (κ3) is 5.00. The van der Waals surface area contributed by atoms with E-state index in [1.165, 1.54) is 30.6 Å². The number of carbonyl (C=O) groups is 1. The number of rotatable bonds is 6. The van der Waals surface area contributed by atoms with Gasteiger partial charge in [0.05, 0.1) is 16.9 Å². The molecule has 0 spiro atoms. The van der Waals surface area contributed by atoms with E-state index in [0.717, 1.165) is 10.6 Å². The maximum Gasteiger partial charge on any atom is 0.416 e. The monoisotopic (exact) mass is 437 g/mol. The number of nitrogens with one attached hydrogen (secondary N) is 1. The summed E-state index contributed by atoms with van der Waals surface area (Å²) in [6, 6.07) is 6.00. The van der Waals surface area contributed by atoms with Crippen LogP contribution in [0, 0.1) is 5.82 Å². The second-order valence-corrected chi connectivity index (χ2v) is 6.48. The second-order valence-electron chi connectivity index (χ2n) is 6.48. The zero-order valence-corrected chi connectivity index (χ0v) is 15.7. The van der Waals surface area contributed by atoms with Crippen molar-refractivity contribution in [3.8, 4) is 11.4 Å². The molecule has 3 N–H and O–H groups in total. The molecule has 7 nitrogen and oxygen atoms in total. The maximum absolute atomic E-state index is 14.1. The predicted molar refractivity (Wildman–Crippen MR) is 102 cm³/mol. The lowest BCUT2D eigenvalue weighted by molar-refractivity contribution is -0.138. The molecule has 3 rings (SSSR count). The van der Waals surface area contributed by atoms with Gasteiger partial charge in [-0.05, 0) is 36.2 Å². The SMILES string of the molecule is O=C(O)CCc1ccc(-n2ccnc(Nc3ccc(C(F)(F)F)cc3F)c2=O)cc1O. The highest BCUT2D eigenvalue weighted by molar-refractivity contribution is 5.67. The van der Waals surface area contributed by atoms with E-state index in [-0.39, 0.29) is 35.8 Å². The Hall–Kier alpha value is -3.89. The molecule has 2 aromatic carbocycles. The Balaban J connectivity index is 1.90. The molecule has 11 heteroatoms. The number of benzene rings is 2. The van der Waals surface area contributed by atoms with Crippen LogP contribution in [0.25, 0.3) is 5.69 Å². The molecule has 0 saturated carbocycles. The third-order valence-electron chi connectivity index (χ3n) is 4.35. The van der Waals surface area contributed by atoms with Crippen molar-refractivity contribution >= 4 is 17.5 Å². The lowest BCUT2D eigenvalue weighted by Gasteiger charge is -2.12. The number of alkyl halides is 3. The van der Waals surface area contributed by atoms with Gasteiger partial charge in [0.1, 0.15) is 11.6 Å². The number of halogens is 4. The highest BCUT2D eigenvalue weighted by atomic mass is 19.4. The summed E-state index contributed by atoms with van der Waals surface area (Å²) in [6.45, 7) is 0.